The van der Waals surface area contributed by atoms with Gasteiger partial charge in [0, 0.05) is 12.1 Å². The molecule has 5 nitrogen and oxygen atoms in total. The minimum Gasteiger partial charge on any atom is -0.494 e. The number of nitrogens with one attached hydrogen (secondary N) is 1. The fraction of sp³-hybridized carbons (Fsp3) is 0.190. The molecular formula is C21H20FNO4. The maximum atomic E-state index is 12.9. The van der Waals surface area contributed by atoms with Crippen molar-refractivity contribution >= 4 is 5.91 Å². The Morgan fingerprint density at radius 3 is 2.59 bits per heavy atom. The zero-order valence-corrected chi connectivity index (χ0v) is 14.9. The number of para-hydroxylation sites is 1. The molecule has 0 aliphatic carbocycles. The molecule has 0 bridgehead atoms. The molecule has 6 heteroatoms. The Balaban J connectivity index is 1.54. The van der Waals surface area contributed by atoms with E-state index in [1.165, 1.54) is 24.3 Å². The number of hydrogen-bond donors (Lipinski definition) is 1. The van der Waals surface area contributed by atoms with Gasteiger partial charge in [-0.05, 0) is 49.4 Å². The van der Waals surface area contributed by atoms with Crippen LogP contribution in [0, 0.1) is 5.82 Å². The molecule has 1 N–H and O–H groups in total. The first-order valence-electron chi connectivity index (χ1n) is 8.61. The Bertz CT molecular complexity index is 889. The van der Waals surface area contributed by atoms with Gasteiger partial charge in [-0.2, -0.15) is 0 Å². The summed E-state index contributed by atoms with van der Waals surface area (Å²) in [5.74, 6) is 1.31. The van der Waals surface area contributed by atoms with Gasteiger partial charge in [0.25, 0.3) is 5.91 Å². The number of hydrogen-bond acceptors (Lipinski definition) is 4. The van der Waals surface area contributed by atoms with E-state index in [9.17, 15) is 9.18 Å². The molecule has 3 rings (SSSR count). The Morgan fingerprint density at radius 1 is 1.04 bits per heavy atom. The van der Waals surface area contributed by atoms with Crippen LogP contribution in [0.25, 0.3) is 0 Å². The van der Waals surface area contributed by atoms with Crippen LogP contribution in [0.15, 0.2) is 65.1 Å². The number of halogens is 1. The van der Waals surface area contributed by atoms with Gasteiger partial charge in [0.2, 0.25) is 0 Å². The molecule has 140 valence electrons. The third-order valence-corrected chi connectivity index (χ3v) is 3.79. The molecule has 0 spiro atoms. The van der Waals surface area contributed by atoms with Gasteiger partial charge in [-0.3, -0.25) is 4.79 Å². The van der Waals surface area contributed by atoms with E-state index in [1.807, 2.05) is 31.2 Å². The van der Waals surface area contributed by atoms with E-state index in [2.05, 4.69) is 5.32 Å². The lowest BCUT2D eigenvalue weighted by molar-refractivity contribution is 0.0918. The summed E-state index contributed by atoms with van der Waals surface area (Å²) in [7, 11) is 0. The van der Waals surface area contributed by atoms with E-state index in [4.69, 9.17) is 13.9 Å². The largest absolute Gasteiger partial charge is 0.494 e. The molecule has 1 heterocycles. The van der Waals surface area contributed by atoms with E-state index in [1.54, 1.807) is 12.1 Å². The fourth-order valence-electron chi connectivity index (χ4n) is 2.47. The van der Waals surface area contributed by atoms with Gasteiger partial charge in [-0.25, -0.2) is 4.39 Å². The Kier molecular flexibility index (Phi) is 6.10. The molecule has 1 aromatic heterocycles. The van der Waals surface area contributed by atoms with Gasteiger partial charge < -0.3 is 19.2 Å². The summed E-state index contributed by atoms with van der Waals surface area (Å²) in [6.45, 7) is 2.94. The summed E-state index contributed by atoms with van der Waals surface area (Å²) in [5, 5.41) is 2.81. The van der Waals surface area contributed by atoms with E-state index in [0.29, 0.717) is 24.7 Å². The second-order valence-electron chi connectivity index (χ2n) is 5.73. The van der Waals surface area contributed by atoms with Crippen molar-refractivity contribution in [1.82, 2.24) is 5.32 Å². The first-order valence-corrected chi connectivity index (χ1v) is 8.61. The summed E-state index contributed by atoms with van der Waals surface area (Å²) in [6, 6.07) is 16.5. The molecule has 0 atom stereocenters. The maximum absolute atomic E-state index is 12.9. The Labute approximate surface area is 156 Å². The van der Waals surface area contributed by atoms with Crippen LogP contribution in [0.3, 0.4) is 0 Å². The molecule has 0 saturated heterocycles. The molecule has 27 heavy (non-hydrogen) atoms. The lowest BCUT2D eigenvalue weighted by atomic mass is 10.2. The quantitative estimate of drug-likeness (QED) is 0.642. The molecule has 0 radical (unpaired) electrons. The number of amides is 1. The highest BCUT2D eigenvalue weighted by Crippen LogP contribution is 2.18. The average molecular weight is 369 g/mol. The van der Waals surface area contributed by atoms with Crippen molar-refractivity contribution in [2.75, 3.05) is 6.61 Å². The van der Waals surface area contributed by atoms with Crippen molar-refractivity contribution in [3.05, 3.63) is 83.6 Å². The second kappa shape index (κ2) is 8.89. The minimum atomic E-state index is -0.329. The van der Waals surface area contributed by atoms with E-state index in [-0.39, 0.29) is 24.1 Å². The Morgan fingerprint density at radius 2 is 1.81 bits per heavy atom. The number of benzene rings is 2. The standard InChI is InChI=1S/C21H20FNO4/c1-2-25-19-6-4-3-5-15(19)13-23-21(24)20-12-11-18(27-20)14-26-17-9-7-16(22)8-10-17/h3-12H,2,13-14H2,1H3,(H,23,24). The van der Waals surface area contributed by atoms with E-state index < -0.39 is 0 Å². The molecule has 1 amide bonds. The van der Waals surface area contributed by atoms with Gasteiger partial charge in [-0.1, -0.05) is 18.2 Å². The summed E-state index contributed by atoms with van der Waals surface area (Å²) in [6.07, 6.45) is 0. The van der Waals surface area contributed by atoms with Crippen molar-refractivity contribution in [3.8, 4) is 11.5 Å². The molecule has 0 fully saturated rings. The normalized spacial score (nSPS) is 10.4. The smallest absolute Gasteiger partial charge is 0.287 e. The molecule has 2 aromatic carbocycles. The van der Waals surface area contributed by atoms with Crippen LogP contribution in [0.4, 0.5) is 4.39 Å². The van der Waals surface area contributed by atoms with Crippen molar-refractivity contribution in [2.45, 2.75) is 20.1 Å². The highest BCUT2D eigenvalue weighted by molar-refractivity contribution is 5.91. The van der Waals surface area contributed by atoms with Crippen molar-refractivity contribution in [3.63, 3.8) is 0 Å². The topological polar surface area (TPSA) is 60.7 Å². The molecule has 0 aliphatic heterocycles. The van der Waals surface area contributed by atoms with Crippen LogP contribution in [-0.4, -0.2) is 12.5 Å². The van der Waals surface area contributed by atoms with Gasteiger partial charge >= 0.3 is 0 Å². The van der Waals surface area contributed by atoms with Gasteiger partial charge in [0.1, 0.15) is 29.7 Å². The van der Waals surface area contributed by atoms with Gasteiger partial charge in [-0.15, -0.1) is 0 Å². The van der Waals surface area contributed by atoms with Crippen LogP contribution in [0.5, 0.6) is 11.5 Å². The zero-order chi connectivity index (χ0) is 19.1. The van der Waals surface area contributed by atoms with Crippen molar-refractivity contribution in [1.29, 1.82) is 0 Å². The van der Waals surface area contributed by atoms with E-state index >= 15 is 0 Å². The highest BCUT2D eigenvalue weighted by atomic mass is 19.1. The summed E-state index contributed by atoms with van der Waals surface area (Å²) >= 11 is 0. The summed E-state index contributed by atoms with van der Waals surface area (Å²) in [5.41, 5.74) is 0.888. The summed E-state index contributed by atoms with van der Waals surface area (Å²) < 4.78 is 29.4. The van der Waals surface area contributed by atoms with E-state index in [0.717, 1.165) is 11.3 Å². The number of carbonyl (C=O) groups excluding carboxylic acids is 1. The van der Waals surface area contributed by atoms with Gasteiger partial charge in [0.15, 0.2) is 5.76 Å². The second-order valence-corrected chi connectivity index (χ2v) is 5.73. The van der Waals surface area contributed by atoms with Crippen LogP contribution in [-0.2, 0) is 13.2 Å². The Hall–Kier alpha value is -3.28. The van der Waals surface area contributed by atoms with Crippen LogP contribution in [0.1, 0.15) is 28.8 Å². The fourth-order valence-corrected chi connectivity index (χ4v) is 2.47. The SMILES string of the molecule is CCOc1ccccc1CNC(=O)c1ccc(COc2ccc(F)cc2)o1. The molecule has 0 unspecified atom stereocenters. The molecule has 0 aliphatic rings. The molecule has 0 saturated carbocycles. The predicted octanol–water partition coefficient (Wildman–Crippen LogP) is 4.33. The van der Waals surface area contributed by atoms with Crippen LogP contribution >= 0.6 is 0 Å². The van der Waals surface area contributed by atoms with Crippen LogP contribution in [0.2, 0.25) is 0 Å². The first kappa shape index (κ1) is 18.5. The first-order chi connectivity index (χ1) is 13.2. The van der Waals surface area contributed by atoms with Crippen molar-refractivity contribution in [2.24, 2.45) is 0 Å². The van der Waals surface area contributed by atoms with Crippen LogP contribution < -0.4 is 14.8 Å². The predicted molar refractivity (Wildman–Crippen MR) is 98.2 cm³/mol. The monoisotopic (exact) mass is 369 g/mol. The number of rotatable bonds is 8. The number of furan rings is 1. The molecule has 3 aromatic rings. The summed E-state index contributed by atoms with van der Waals surface area (Å²) in [4.78, 5) is 12.3. The molecular weight excluding hydrogens is 349 g/mol. The lowest BCUT2D eigenvalue weighted by Gasteiger charge is -2.10. The zero-order valence-electron chi connectivity index (χ0n) is 14.9. The number of ether oxygens (including phenoxy) is 2. The average Bonchev–Trinajstić information content (AvgIpc) is 3.16. The van der Waals surface area contributed by atoms with Gasteiger partial charge in [0.05, 0.1) is 6.61 Å². The van der Waals surface area contributed by atoms with Crippen molar-refractivity contribution < 1.29 is 23.1 Å². The lowest BCUT2D eigenvalue weighted by Crippen LogP contribution is -2.22. The third kappa shape index (κ3) is 5.10. The number of carbonyl (C=O) groups is 1. The third-order valence-electron chi connectivity index (χ3n) is 3.79. The highest BCUT2D eigenvalue weighted by Gasteiger charge is 2.12. The maximum Gasteiger partial charge on any atom is 0.287 e. The minimum absolute atomic E-state index is 0.145.